The molecule has 0 spiro atoms. The lowest BCUT2D eigenvalue weighted by Crippen LogP contribution is -2.37. The van der Waals surface area contributed by atoms with Gasteiger partial charge >= 0.3 is 0 Å². The van der Waals surface area contributed by atoms with Gasteiger partial charge in [0.05, 0.1) is 17.7 Å². The van der Waals surface area contributed by atoms with Crippen molar-refractivity contribution >= 4 is 33.4 Å². The topological polar surface area (TPSA) is 75.7 Å². The van der Waals surface area contributed by atoms with Crippen LogP contribution in [0, 0.1) is 0 Å². The molecule has 0 fully saturated rings. The number of para-hydroxylation sites is 1. The number of fused-ring (bicyclic) bond motifs is 1. The Kier molecular flexibility index (Phi) is 5.78. The van der Waals surface area contributed by atoms with Gasteiger partial charge in [0.2, 0.25) is 15.9 Å². The van der Waals surface area contributed by atoms with Crippen LogP contribution in [0.4, 0.5) is 5.69 Å². The van der Waals surface area contributed by atoms with Crippen molar-refractivity contribution in [3.63, 3.8) is 0 Å². The lowest BCUT2D eigenvalue weighted by molar-refractivity contribution is -0.116. The van der Waals surface area contributed by atoms with Crippen LogP contribution in [0.2, 0.25) is 0 Å². The average Bonchev–Trinajstić information content (AvgIpc) is 2.65. The second-order valence-electron chi connectivity index (χ2n) is 6.32. The van der Waals surface area contributed by atoms with Crippen molar-refractivity contribution in [1.82, 2.24) is 4.72 Å². The van der Waals surface area contributed by atoms with E-state index >= 15 is 0 Å². The van der Waals surface area contributed by atoms with Gasteiger partial charge in [0, 0.05) is 35.7 Å². The van der Waals surface area contributed by atoms with Crippen molar-refractivity contribution in [2.24, 2.45) is 0 Å². The Balaban J connectivity index is 1.85. The first kappa shape index (κ1) is 19.7. The third-order valence-electron chi connectivity index (χ3n) is 4.33. The Labute approximate surface area is 164 Å². The highest BCUT2D eigenvalue weighted by Crippen LogP contribution is 2.39. The van der Waals surface area contributed by atoms with Crippen LogP contribution >= 0.6 is 11.8 Å². The van der Waals surface area contributed by atoms with Crippen molar-refractivity contribution in [3.05, 3.63) is 48.0 Å². The van der Waals surface area contributed by atoms with Gasteiger partial charge in [0.25, 0.3) is 0 Å². The molecule has 144 valence electrons. The number of hydrogen-bond donors (Lipinski definition) is 1. The summed E-state index contributed by atoms with van der Waals surface area (Å²) in [6, 6.07) is 12.1. The van der Waals surface area contributed by atoms with Crippen molar-refractivity contribution in [3.8, 4) is 5.75 Å². The molecule has 0 saturated heterocycles. The zero-order chi connectivity index (χ0) is 19.6. The summed E-state index contributed by atoms with van der Waals surface area (Å²) in [5, 5.41) is 0.195. The number of nitrogens with zero attached hydrogens (tertiary/aromatic N) is 1. The smallest absolute Gasteiger partial charge is 0.240 e. The number of anilines is 1. The number of carbonyl (C=O) groups is 1. The minimum Gasteiger partial charge on any atom is -0.496 e. The third kappa shape index (κ3) is 4.28. The molecule has 0 saturated carbocycles. The molecule has 1 N–H and O–H groups in total. The highest BCUT2D eigenvalue weighted by Gasteiger charge is 2.27. The van der Waals surface area contributed by atoms with Crippen LogP contribution in [-0.2, 0) is 21.4 Å². The number of ether oxygens (including phenoxy) is 1. The number of rotatable bonds is 5. The number of benzene rings is 2. The molecule has 1 aliphatic rings. The van der Waals surface area contributed by atoms with Gasteiger partial charge in [-0.25, -0.2) is 13.1 Å². The summed E-state index contributed by atoms with van der Waals surface area (Å²) >= 11 is 1.58. The first-order valence-corrected chi connectivity index (χ1v) is 10.9. The number of nitrogens with one attached hydrogen (secondary N) is 1. The zero-order valence-electron chi connectivity index (χ0n) is 15.4. The van der Waals surface area contributed by atoms with Crippen molar-refractivity contribution < 1.29 is 17.9 Å². The standard InChI is InChI=1S/C19H22N2O4S2/c1-13-12-21(14(2)22)17-9-8-16(10-19(17)26-13)27(23,24)20-11-15-6-4-5-7-18(15)25-3/h4-10,13,20H,11-12H2,1-3H3. The normalized spacial score (nSPS) is 16.7. The number of amides is 1. The minimum atomic E-state index is -3.69. The van der Waals surface area contributed by atoms with E-state index < -0.39 is 10.0 Å². The van der Waals surface area contributed by atoms with E-state index in [9.17, 15) is 13.2 Å². The summed E-state index contributed by atoms with van der Waals surface area (Å²) in [5.74, 6) is 0.584. The largest absolute Gasteiger partial charge is 0.496 e. The zero-order valence-corrected chi connectivity index (χ0v) is 17.1. The Bertz CT molecular complexity index is 960. The molecule has 8 heteroatoms. The van der Waals surface area contributed by atoms with E-state index in [1.807, 2.05) is 25.1 Å². The Hall–Kier alpha value is -2.03. The summed E-state index contributed by atoms with van der Waals surface area (Å²) < 4.78 is 33.4. The van der Waals surface area contributed by atoms with Gasteiger partial charge < -0.3 is 9.64 Å². The van der Waals surface area contributed by atoms with Gasteiger partial charge in [-0.3, -0.25) is 4.79 Å². The average molecular weight is 407 g/mol. The second kappa shape index (κ2) is 7.92. The SMILES string of the molecule is COc1ccccc1CNS(=O)(=O)c1ccc2c(c1)SC(C)CN2C(C)=O. The molecular formula is C19H22N2O4S2. The molecule has 0 aromatic heterocycles. The van der Waals surface area contributed by atoms with Crippen molar-refractivity contribution in [1.29, 1.82) is 0 Å². The fourth-order valence-electron chi connectivity index (χ4n) is 2.99. The van der Waals surface area contributed by atoms with E-state index in [0.717, 1.165) is 16.1 Å². The molecule has 2 aromatic carbocycles. The molecular weight excluding hydrogens is 384 g/mol. The summed E-state index contributed by atoms with van der Waals surface area (Å²) in [5.41, 5.74) is 1.52. The third-order valence-corrected chi connectivity index (χ3v) is 6.86. The van der Waals surface area contributed by atoms with Gasteiger partial charge in [-0.05, 0) is 24.3 Å². The summed E-state index contributed by atoms with van der Waals surface area (Å²) in [6.45, 7) is 4.29. The fourth-order valence-corrected chi connectivity index (χ4v) is 5.25. The van der Waals surface area contributed by atoms with Crippen LogP contribution in [-0.4, -0.2) is 33.2 Å². The predicted molar refractivity (Wildman–Crippen MR) is 107 cm³/mol. The molecule has 0 radical (unpaired) electrons. The minimum absolute atomic E-state index is 0.0479. The van der Waals surface area contributed by atoms with E-state index in [2.05, 4.69) is 4.72 Å². The van der Waals surface area contributed by atoms with Crippen molar-refractivity contribution in [2.45, 2.75) is 35.4 Å². The van der Waals surface area contributed by atoms with Gasteiger partial charge in [-0.15, -0.1) is 11.8 Å². The van der Waals surface area contributed by atoms with Crippen LogP contribution in [0.25, 0.3) is 0 Å². The fraction of sp³-hybridized carbons (Fsp3) is 0.316. The molecule has 1 heterocycles. The molecule has 1 atom stereocenters. The summed E-state index contributed by atoms with van der Waals surface area (Å²) in [4.78, 5) is 14.5. The number of carbonyl (C=O) groups excluding carboxylic acids is 1. The molecule has 0 aliphatic carbocycles. The Morgan fingerprint density at radius 3 is 2.74 bits per heavy atom. The predicted octanol–water partition coefficient (Wildman–Crippen LogP) is 3.02. The van der Waals surface area contributed by atoms with Gasteiger partial charge in [-0.2, -0.15) is 0 Å². The van der Waals surface area contributed by atoms with Crippen LogP contribution in [0.1, 0.15) is 19.4 Å². The molecule has 0 bridgehead atoms. The van der Waals surface area contributed by atoms with Crippen LogP contribution < -0.4 is 14.4 Å². The van der Waals surface area contributed by atoms with Crippen LogP contribution in [0.15, 0.2) is 52.3 Å². The summed E-state index contributed by atoms with van der Waals surface area (Å²) in [7, 11) is -2.14. The van der Waals surface area contributed by atoms with Gasteiger partial charge in [0.1, 0.15) is 5.75 Å². The highest BCUT2D eigenvalue weighted by atomic mass is 32.2. The highest BCUT2D eigenvalue weighted by molar-refractivity contribution is 8.00. The number of sulfonamides is 1. The summed E-state index contributed by atoms with van der Waals surface area (Å²) in [6.07, 6.45) is 0. The molecule has 1 amide bonds. The maximum absolute atomic E-state index is 12.7. The van der Waals surface area contributed by atoms with Gasteiger partial charge in [0.15, 0.2) is 0 Å². The molecule has 27 heavy (non-hydrogen) atoms. The molecule has 6 nitrogen and oxygen atoms in total. The number of thioether (sulfide) groups is 1. The van der Waals surface area contributed by atoms with Crippen LogP contribution in [0.3, 0.4) is 0 Å². The Morgan fingerprint density at radius 1 is 1.30 bits per heavy atom. The van der Waals surface area contributed by atoms with E-state index in [4.69, 9.17) is 4.74 Å². The quantitative estimate of drug-likeness (QED) is 0.826. The maximum Gasteiger partial charge on any atom is 0.240 e. The number of methoxy groups -OCH3 is 1. The van der Waals surface area contributed by atoms with Crippen LogP contribution in [0.5, 0.6) is 5.75 Å². The first-order chi connectivity index (χ1) is 12.8. The van der Waals surface area contributed by atoms with E-state index in [1.165, 1.54) is 13.0 Å². The van der Waals surface area contributed by atoms with Crippen molar-refractivity contribution in [2.75, 3.05) is 18.6 Å². The number of hydrogen-bond acceptors (Lipinski definition) is 5. The monoisotopic (exact) mass is 406 g/mol. The van der Waals surface area contributed by atoms with Gasteiger partial charge in [-0.1, -0.05) is 25.1 Å². The van der Waals surface area contributed by atoms with E-state index in [1.54, 1.807) is 42.0 Å². The van der Waals surface area contributed by atoms with E-state index in [0.29, 0.717) is 12.3 Å². The maximum atomic E-state index is 12.7. The lowest BCUT2D eigenvalue weighted by atomic mass is 10.2. The van der Waals surface area contributed by atoms with E-state index in [-0.39, 0.29) is 22.6 Å². The second-order valence-corrected chi connectivity index (χ2v) is 9.57. The Morgan fingerprint density at radius 2 is 2.04 bits per heavy atom. The molecule has 1 unspecified atom stereocenters. The molecule has 1 aliphatic heterocycles. The molecule has 2 aromatic rings. The lowest BCUT2D eigenvalue weighted by Gasteiger charge is -2.32. The molecule has 3 rings (SSSR count). The first-order valence-electron chi connectivity index (χ1n) is 8.52.